The Hall–Kier alpha value is -1.39. The van der Waals surface area contributed by atoms with Crippen LogP contribution in [-0.4, -0.2) is 25.3 Å². The number of nitrogens with zero attached hydrogens (tertiary/aromatic N) is 1. The second kappa shape index (κ2) is 4.05. The van der Waals surface area contributed by atoms with Crippen molar-refractivity contribution >= 4 is 10.0 Å². The minimum atomic E-state index is -3.41. The molecule has 1 aliphatic heterocycles. The fourth-order valence-corrected chi connectivity index (χ4v) is 4.63. The molecular formula is C15H17NO2S. The highest BCUT2D eigenvalue weighted by atomic mass is 32.2. The van der Waals surface area contributed by atoms with Gasteiger partial charge < -0.3 is 0 Å². The summed E-state index contributed by atoms with van der Waals surface area (Å²) in [5.41, 5.74) is 0.899. The largest absolute Gasteiger partial charge is 0.243 e. The molecule has 1 heterocycles. The summed E-state index contributed by atoms with van der Waals surface area (Å²) in [6.45, 7) is 6.65. The summed E-state index contributed by atoms with van der Waals surface area (Å²) in [4.78, 5) is 0.366. The third kappa shape index (κ3) is 1.86. The Morgan fingerprint density at radius 1 is 1.32 bits per heavy atom. The maximum absolute atomic E-state index is 12.7. The van der Waals surface area contributed by atoms with Gasteiger partial charge in [0.05, 0.1) is 4.90 Å². The molecule has 1 aliphatic carbocycles. The predicted octanol–water partition coefficient (Wildman–Crippen LogP) is 2.58. The monoisotopic (exact) mass is 275 g/mol. The minimum Gasteiger partial charge on any atom is -0.207 e. The highest BCUT2D eigenvalue weighted by Crippen LogP contribution is 2.46. The summed E-state index contributed by atoms with van der Waals surface area (Å²) in [6.07, 6.45) is 4.75. The van der Waals surface area contributed by atoms with Crippen molar-refractivity contribution in [1.29, 1.82) is 0 Å². The molecule has 2 bridgehead atoms. The smallest absolute Gasteiger partial charge is 0.207 e. The Bertz CT molecular complexity index is 648. The molecular weight excluding hydrogens is 258 g/mol. The van der Waals surface area contributed by atoms with Crippen LogP contribution in [0.2, 0.25) is 0 Å². The summed E-state index contributed by atoms with van der Waals surface area (Å²) in [7, 11) is -3.41. The fraction of sp³-hybridized carbons (Fsp3) is 0.333. The molecule has 0 unspecified atom stereocenters. The van der Waals surface area contributed by atoms with E-state index in [1.165, 1.54) is 0 Å². The first-order chi connectivity index (χ1) is 8.93. The van der Waals surface area contributed by atoms with Gasteiger partial charge in [-0.15, -0.1) is 0 Å². The van der Waals surface area contributed by atoms with Crippen molar-refractivity contribution in [2.45, 2.75) is 24.3 Å². The van der Waals surface area contributed by atoms with E-state index in [2.05, 4.69) is 13.5 Å². The molecule has 0 saturated carbocycles. The Morgan fingerprint density at radius 3 is 2.63 bits per heavy atom. The lowest BCUT2D eigenvalue weighted by Gasteiger charge is -2.25. The first-order valence-electron chi connectivity index (χ1n) is 6.38. The first-order valence-corrected chi connectivity index (χ1v) is 7.82. The predicted molar refractivity (Wildman–Crippen MR) is 75.1 cm³/mol. The highest BCUT2D eigenvalue weighted by Gasteiger charge is 2.48. The standard InChI is InChI=1S/C15H17NO2S/c1-12-8-9-13-10-15(12,2)11-16(13)19(17,18)14-6-4-3-5-7-14/h3-9,13H,1,10-11H2,2H3/t13-,15+/m1/s1. The summed E-state index contributed by atoms with van der Waals surface area (Å²) in [5.74, 6) is 0. The molecule has 19 heavy (non-hydrogen) atoms. The SMILES string of the molecule is C=C1C=C[C@@H]2C[C@@]1(C)CN2S(=O)(=O)c1ccccc1. The van der Waals surface area contributed by atoms with Crippen LogP contribution >= 0.6 is 0 Å². The lowest BCUT2D eigenvalue weighted by atomic mass is 9.78. The Labute approximate surface area is 114 Å². The summed E-state index contributed by atoms with van der Waals surface area (Å²) in [5, 5.41) is 0. The van der Waals surface area contributed by atoms with Crippen molar-refractivity contribution in [1.82, 2.24) is 4.31 Å². The number of allylic oxidation sites excluding steroid dienone is 1. The van der Waals surface area contributed by atoms with Gasteiger partial charge in [-0.05, 0) is 24.1 Å². The van der Waals surface area contributed by atoms with Crippen molar-refractivity contribution in [2.75, 3.05) is 6.54 Å². The van der Waals surface area contributed by atoms with Gasteiger partial charge in [0.2, 0.25) is 10.0 Å². The van der Waals surface area contributed by atoms with Crippen LogP contribution in [0.4, 0.5) is 0 Å². The van der Waals surface area contributed by atoms with E-state index in [1.807, 2.05) is 18.2 Å². The van der Waals surface area contributed by atoms with E-state index >= 15 is 0 Å². The van der Waals surface area contributed by atoms with E-state index in [4.69, 9.17) is 0 Å². The second-order valence-electron chi connectivity index (χ2n) is 5.58. The van der Waals surface area contributed by atoms with Crippen LogP contribution in [0.5, 0.6) is 0 Å². The van der Waals surface area contributed by atoms with Gasteiger partial charge in [0.15, 0.2) is 0 Å². The molecule has 1 aromatic rings. The van der Waals surface area contributed by atoms with Gasteiger partial charge in [0.1, 0.15) is 0 Å². The zero-order valence-electron chi connectivity index (χ0n) is 10.9. The van der Waals surface area contributed by atoms with Crippen molar-refractivity contribution in [3.8, 4) is 0 Å². The van der Waals surface area contributed by atoms with Gasteiger partial charge in [-0.3, -0.25) is 0 Å². The third-order valence-corrected chi connectivity index (χ3v) is 6.06. The van der Waals surface area contributed by atoms with Crippen LogP contribution in [0.25, 0.3) is 0 Å². The third-order valence-electron chi connectivity index (χ3n) is 4.18. The average molecular weight is 275 g/mol. The van der Waals surface area contributed by atoms with E-state index in [0.717, 1.165) is 12.0 Å². The summed E-state index contributed by atoms with van der Waals surface area (Å²) >= 11 is 0. The molecule has 100 valence electrons. The molecule has 1 aromatic carbocycles. The van der Waals surface area contributed by atoms with E-state index in [9.17, 15) is 8.42 Å². The van der Waals surface area contributed by atoms with Crippen LogP contribution < -0.4 is 0 Å². The molecule has 3 nitrogen and oxygen atoms in total. The topological polar surface area (TPSA) is 37.4 Å². The summed E-state index contributed by atoms with van der Waals surface area (Å²) < 4.78 is 27.0. The van der Waals surface area contributed by atoms with Crippen molar-refractivity contribution < 1.29 is 8.42 Å². The molecule has 4 heteroatoms. The molecule has 1 fully saturated rings. The average Bonchev–Trinajstić information content (AvgIpc) is 2.70. The van der Waals surface area contributed by atoms with Gasteiger partial charge in [0.25, 0.3) is 0 Å². The minimum absolute atomic E-state index is 0.0410. The van der Waals surface area contributed by atoms with Gasteiger partial charge >= 0.3 is 0 Å². The number of rotatable bonds is 2. The van der Waals surface area contributed by atoms with Gasteiger partial charge in [-0.2, -0.15) is 4.31 Å². The number of hydrogen-bond acceptors (Lipinski definition) is 2. The molecule has 0 spiro atoms. The zero-order valence-corrected chi connectivity index (χ0v) is 11.7. The van der Waals surface area contributed by atoms with E-state index in [1.54, 1.807) is 28.6 Å². The molecule has 2 atom stereocenters. The maximum Gasteiger partial charge on any atom is 0.243 e. The van der Waals surface area contributed by atoms with Crippen LogP contribution in [0, 0.1) is 5.41 Å². The Balaban J connectivity index is 2.02. The molecule has 0 radical (unpaired) electrons. The Kier molecular flexibility index (Phi) is 2.69. The van der Waals surface area contributed by atoms with Gasteiger partial charge in [-0.1, -0.05) is 43.9 Å². The maximum atomic E-state index is 12.7. The lowest BCUT2D eigenvalue weighted by molar-refractivity contribution is 0.403. The van der Waals surface area contributed by atoms with Crippen LogP contribution in [-0.2, 0) is 10.0 Å². The molecule has 0 N–H and O–H groups in total. The fourth-order valence-electron chi connectivity index (χ4n) is 2.91. The Morgan fingerprint density at radius 2 is 2.00 bits per heavy atom. The summed E-state index contributed by atoms with van der Waals surface area (Å²) in [6, 6.07) is 8.60. The van der Waals surface area contributed by atoms with Crippen molar-refractivity contribution in [3.63, 3.8) is 0 Å². The van der Waals surface area contributed by atoms with E-state index in [-0.39, 0.29) is 11.5 Å². The second-order valence-corrected chi connectivity index (χ2v) is 7.47. The molecule has 3 rings (SSSR count). The number of benzene rings is 1. The van der Waals surface area contributed by atoms with Crippen molar-refractivity contribution in [2.24, 2.45) is 5.41 Å². The van der Waals surface area contributed by atoms with E-state index < -0.39 is 10.0 Å². The zero-order chi connectivity index (χ0) is 13.7. The van der Waals surface area contributed by atoms with E-state index in [0.29, 0.717) is 11.4 Å². The molecule has 0 aromatic heterocycles. The van der Waals surface area contributed by atoms with Crippen LogP contribution in [0.15, 0.2) is 59.5 Å². The lowest BCUT2D eigenvalue weighted by Crippen LogP contribution is -2.34. The molecule has 1 saturated heterocycles. The number of hydrogen-bond donors (Lipinski definition) is 0. The van der Waals surface area contributed by atoms with Gasteiger partial charge in [-0.25, -0.2) is 8.42 Å². The number of fused-ring (bicyclic) bond motifs is 2. The van der Waals surface area contributed by atoms with Crippen LogP contribution in [0.3, 0.4) is 0 Å². The molecule has 2 aliphatic rings. The van der Waals surface area contributed by atoms with Gasteiger partial charge in [0, 0.05) is 18.0 Å². The quantitative estimate of drug-likeness (QED) is 0.832. The van der Waals surface area contributed by atoms with Crippen LogP contribution in [0.1, 0.15) is 13.3 Å². The first kappa shape index (κ1) is 12.6. The highest BCUT2D eigenvalue weighted by molar-refractivity contribution is 7.89. The number of sulfonamides is 1. The molecule has 0 amide bonds. The normalized spacial score (nSPS) is 30.8. The van der Waals surface area contributed by atoms with Crippen molar-refractivity contribution in [3.05, 3.63) is 54.6 Å².